The van der Waals surface area contributed by atoms with E-state index in [1.54, 1.807) is 18.2 Å². The van der Waals surface area contributed by atoms with Crippen LogP contribution in [0.2, 0.25) is 10.0 Å². The molecule has 0 heterocycles. The minimum Gasteiger partial charge on any atom is -0.0843 e. The second-order valence-electron chi connectivity index (χ2n) is 1.50. The number of halogens is 4. The summed E-state index contributed by atoms with van der Waals surface area (Å²) in [5.41, 5.74) is 0. The molecular weight excluding hydrogens is 245 g/mol. The fourth-order valence-corrected chi connectivity index (χ4v) is 0.896. The molecule has 0 fully saturated rings. The number of benzene rings is 1. The maximum Gasteiger partial charge on any atom is 0.141 e. The third kappa shape index (κ3) is 7.18. The summed E-state index contributed by atoms with van der Waals surface area (Å²) in [6.45, 7) is 0. The van der Waals surface area contributed by atoms with E-state index in [-0.39, 0.29) is 0 Å². The fourth-order valence-electron chi connectivity index (χ4n) is 0.460. The van der Waals surface area contributed by atoms with Crippen molar-refractivity contribution in [2.24, 2.45) is 0 Å². The summed E-state index contributed by atoms with van der Waals surface area (Å²) in [6, 6.07) is 7.08. The molecule has 0 atom stereocenters. The van der Waals surface area contributed by atoms with E-state index in [1.807, 2.05) is 6.07 Å². The first-order valence-electron chi connectivity index (χ1n) is 2.54. The van der Waals surface area contributed by atoms with Crippen LogP contribution in [-0.2, 0) is 0 Å². The highest BCUT2D eigenvalue weighted by Crippen LogP contribution is 2.19. The van der Waals surface area contributed by atoms with Crippen molar-refractivity contribution in [2.45, 2.75) is 0 Å². The first-order valence-corrected chi connectivity index (χ1v) is 6.00. The third-order valence-corrected chi connectivity index (χ3v) is 1.26. The first-order chi connectivity index (χ1) is 5.20. The Hall–Kier alpha value is 0.810. The summed E-state index contributed by atoms with van der Waals surface area (Å²) in [6.07, 6.45) is 0. The van der Waals surface area contributed by atoms with Gasteiger partial charge in [0.15, 0.2) is 0 Å². The van der Waals surface area contributed by atoms with Crippen LogP contribution in [0.1, 0.15) is 0 Å². The average Bonchev–Trinajstić information content (AvgIpc) is 1.88. The van der Waals surface area contributed by atoms with Crippen molar-refractivity contribution in [2.75, 3.05) is 0 Å². The second kappa shape index (κ2) is 7.46. The van der Waals surface area contributed by atoms with Crippen molar-refractivity contribution < 1.29 is 0 Å². The van der Waals surface area contributed by atoms with E-state index < -0.39 is 0 Å². The Morgan fingerprint density at radius 2 is 1.36 bits per heavy atom. The zero-order valence-corrected chi connectivity index (χ0v) is 9.19. The van der Waals surface area contributed by atoms with Crippen LogP contribution >= 0.6 is 53.0 Å². The van der Waals surface area contributed by atoms with Crippen molar-refractivity contribution >= 4 is 53.0 Å². The number of hydrogen-bond donors (Lipinski definition) is 0. The average molecular weight is 249 g/mol. The Morgan fingerprint density at radius 1 is 1.00 bits per heavy atom. The molecule has 0 amide bonds. The Labute approximate surface area is 87.1 Å². The largest absolute Gasteiger partial charge is 0.141 e. The van der Waals surface area contributed by atoms with E-state index in [2.05, 4.69) is 0 Å². The molecule has 1 rings (SSSR count). The zero-order chi connectivity index (χ0) is 8.69. The molecule has 0 aromatic heterocycles. The van der Waals surface area contributed by atoms with Gasteiger partial charge in [-0.25, -0.2) is 0 Å². The highest BCUT2D eigenvalue weighted by atomic mass is 35.9. The lowest BCUT2D eigenvalue weighted by Crippen LogP contribution is -1.61. The van der Waals surface area contributed by atoms with E-state index in [0.29, 0.717) is 17.3 Å². The summed E-state index contributed by atoms with van der Waals surface area (Å²) in [5, 5.41) is 1.36. The molecular formula is C6H4Cl4P. The molecule has 1 aromatic carbocycles. The minimum absolute atomic E-state index is 0.361. The lowest BCUT2D eigenvalue weighted by Gasteiger charge is -1.86. The Kier molecular flexibility index (Phi) is 8.01. The van der Waals surface area contributed by atoms with Gasteiger partial charge in [-0.2, -0.15) is 0 Å². The molecule has 0 bridgehead atoms. The van der Waals surface area contributed by atoms with Crippen LogP contribution in [0.5, 0.6) is 0 Å². The predicted molar refractivity (Wildman–Crippen MR) is 55.1 cm³/mol. The monoisotopic (exact) mass is 247 g/mol. The van der Waals surface area contributed by atoms with E-state index in [9.17, 15) is 0 Å². The minimum atomic E-state index is 0.361. The van der Waals surface area contributed by atoms with Crippen molar-refractivity contribution in [1.29, 1.82) is 0 Å². The van der Waals surface area contributed by atoms with Gasteiger partial charge in [-0.3, -0.25) is 0 Å². The highest BCUT2D eigenvalue weighted by molar-refractivity contribution is 7.90. The van der Waals surface area contributed by atoms with Gasteiger partial charge in [-0.15, -0.1) is 0 Å². The highest BCUT2D eigenvalue weighted by Gasteiger charge is 1.84. The van der Waals surface area contributed by atoms with Crippen LogP contribution in [0.15, 0.2) is 24.3 Å². The molecule has 0 saturated heterocycles. The van der Waals surface area contributed by atoms with Crippen molar-refractivity contribution in [3.8, 4) is 0 Å². The van der Waals surface area contributed by atoms with Crippen LogP contribution in [0, 0.1) is 0 Å². The fraction of sp³-hybridized carbons (Fsp3) is 0. The molecule has 0 aliphatic rings. The summed E-state index contributed by atoms with van der Waals surface area (Å²) < 4.78 is 0. The molecule has 0 unspecified atom stereocenters. The Morgan fingerprint density at radius 3 is 1.55 bits per heavy atom. The van der Waals surface area contributed by atoms with Crippen LogP contribution in [0.25, 0.3) is 0 Å². The third-order valence-electron chi connectivity index (χ3n) is 0.787. The molecule has 0 nitrogen and oxygen atoms in total. The van der Waals surface area contributed by atoms with Crippen molar-refractivity contribution in [3.05, 3.63) is 34.3 Å². The van der Waals surface area contributed by atoms with Gasteiger partial charge in [0.25, 0.3) is 0 Å². The van der Waals surface area contributed by atoms with Gasteiger partial charge in [-0.05, 0) is 18.2 Å². The SMILES string of the molecule is Cl[P]Cl.Clc1cccc(Cl)c1. The van der Waals surface area contributed by atoms with Crippen molar-refractivity contribution in [1.82, 2.24) is 0 Å². The summed E-state index contributed by atoms with van der Waals surface area (Å²) in [5.74, 6) is 0. The Bertz CT molecular complexity index is 186. The maximum absolute atomic E-state index is 5.56. The molecule has 61 valence electrons. The summed E-state index contributed by atoms with van der Waals surface area (Å²) in [7, 11) is 0.361. The molecule has 0 saturated carbocycles. The van der Waals surface area contributed by atoms with Gasteiger partial charge in [0.2, 0.25) is 0 Å². The van der Waals surface area contributed by atoms with Crippen LogP contribution in [0.4, 0.5) is 0 Å². The molecule has 0 N–H and O–H groups in total. The lowest BCUT2D eigenvalue weighted by molar-refractivity contribution is 1.71. The first kappa shape index (κ1) is 11.8. The van der Waals surface area contributed by atoms with Gasteiger partial charge in [-0.1, -0.05) is 51.7 Å². The molecule has 1 aromatic rings. The normalized spacial score (nSPS) is 8.36. The second-order valence-corrected chi connectivity index (χ2v) is 4.04. The van der Waals surface area contributed by atoms with Crippen molar-refractivity contribution in [3.63, 3.8) is 0 Å². The van der Waals surface area contributed by atoms with Gasteiger partial charge in [0.05, 0.1) is 0 Å². The number of hydrogen-bond acceptors (Lipinski definition) is 0. The van der Waals surface area contributed by atoms with E-state index >= 15 is 0 Å². The van der Waals surface area contributed by atoms with Crippen LogP contribution in [0.3, 0.4) is 0 Å². The smallest absolute Gasteiger partial charge is 0.0843 e. The molecule has 5 heteroatoms. The van der Waals surface area contributed by atoms with E-state index in [1.165, 1.54) is 0 Å². The van der Waals surface area contributed by atoms with Gasteiger partial charge in [0, 0.05) is 10.0 Å². The maximum atomic E-state index is 5.56. The predicted octanol–water partition coefficient (Wildman–Crippen LogP) is 5.23. The molecule has 0 spiro atoms. The van der Waals surface area contributed by atoms with Gasteiger partial charge in [0.1, 0.15) is 7.29 Å². The number of rotatable bonds is 0. The Balaban J connectivity index is 0.000000292. The standard InChI is InChI=1S/C6H4Cl2.Cl2P/c7-5-2-1-3-6(8)4-5;1-3-2/h1-4H;. The summed E-state index contributed by atoms with van der Waals surface area (Å²) in [4.78, 5) is 0. The molecule has 11 heavy (non-hydrogen) atoms. The quantitative estimate of drug-likeness (QED) is 0.552. The topological polar surface area (TPSA) is 0 Å². The summed E-state index contributed by atoms with van der Waals surface area (Å²) >= 11 is 20.6. The van der Waals surface area contributed by atoms with E-state index in [4.69, 9.17) is 45.7 Å². The van der Waals surface area contributed by atoms with Crippen LogP contribution in [-0.4, -0.2) is 0 Å². The van der Waals surface area contributed by atoms with Gasteiger partial charge >= 0.3 is 0 Å². The van der Waals surface area contributed by atoms with Gasteiger partial charge < -0.3 is 0 Å². The van der Waals surface area contributed by atoms with Crippen LogP contribution < -0.4 is 0 Å². The van der Waals surface area contributed by atoms with E-state index in [0.717, 1.165) is 0 Å². The molecule has 0 aliphatic carbocycles. The molecule has 1 radical (unpaired) electrons. The lowest BCUT2D eigenvalue weighted by atomic mass is 10.4. The zero-order valence-electron chi connectivity index (χ0n) is 5.27. The molecule has 0 aliphatic heterocycles.